The average molecular weight is 459 g/mol. The molecule has 1 aliphatic heterocycles. The van der Waals surface area contributed by atoms with E-state index in [4.69, 9.17) is 16.3 Å². The highest BCUT2D eigenvalue weighted by atomic mass is 79.9. The molecule has 1 aliphatic rings. The number of hydrogen-bond acceptors (Lipinski definition) is 4. The third-order valence-corrected chi connectivity index (χ3v) is 6.96. The van der Waals surface area contributed by atoms with Gasteiger partial charge in [-0.05, 0) is 61.4 Å². The molecular formula is C18H17BrClNO4S. The van der Waals surface area contributed by atoms with E-state index in [2.05, 4.69) is 15.9 Å². The number of carbonyl (C=O) groups excluding carboxylic acids is 1. The largest absolute Gasteiger partial charge is 0.426 e. The van der Waals surface area contributed by atoms with E-state index in [1.807, 2.05) is 0 Å². The van der Waals surface area contributed by atoms with Crippen LogP contribution in [-0.2, 0) is 14.8 Å². The minimum absolute atomic E-state index is 0.206. The molecule has 5 nitrogen and oxygen atoms in total. The van der Waals surface area contributed by atoms with Gasteiger partial charge in [0.25, 0.3) is 0 Å². The van der Waals surface area contributed by atoms with E-state index in [9.17, 15) is 13.2 Å². The monoisotopic (exact) mass is 457 g/mol. The summed E-state index contributed by atoms with van der Waals surface area (Å²) >= 11 is 9.14. The fraction of sp³-hybridized carbons (Fsp3) is 0.278. The van der Waals surface area contributed by atoms with Crippen molar-refractivity contribution in [3.05, 3.63) is 58.0 Å². The molecule has 0 saturated carbocycles. The Kier molecular flexibility index (Phi) is 6.02. The molecule has 0 spiro atoms. The SMILES string of the molecule is O=C(Oc1ccc(Br)cc1)C1CCN(S(=O)(=O)c2ccc(Cl)cc2)CC1. The van der Waals surface area contributed by atoms with Crippen LogP contribution in [0.4, 0.5) is 0 Å². The smallest absolute Gasteiger partial charge is 0.314 e. The molecule has 8 heteroatoms. The summed E-state index contributed by atoms with van der Waals surface area (Å²) in [6.07, 6.45) is 0.865. The number of ether oxygens (including phenoxy) is 1. The molecule has 0 aliphatic carbocycles. The number of benzene rings is 2. The first-order valence-electron chi connectivity index (χ1n) is 8.09. The third kappa shape index (κ3) is 4.46. The van der Waals surface area contributed by atoms with Gasteiger partial charge in [-0.25, -0.2) is 8.42 Å². The number of halogens is 2. The van der Waals surface area contributed by atoms with Crippen molar-refractivity contribution in [3.63, 3.8) is 0 Å². The zero-order chi connectivity index (χ0) is 18.7. The fourth-order valence-corrected chi connectivity index (χ4v) is 4.65. The lowest BCUT2D eigenvalue weighted by molar-refractivity contribution is -0.140. The van der Waals surface area contributed by atoms with Crippen LogP contribution >= 0.6 is 27.5 Å². The zero-order valence-electron chi connectivity index (χ0n) is 13.8. The molecule has 1 fully saturated rings. The van der Waals surface area contributed by atoms with Crippen LogP contribution in [0, 0.1) is 5.92 Å². The van der Waals surface area contributed by atoms with Crippen molar-refractivity contribution in [2.24, 2.45) is 5.92 Å². The summed E-state index contributed by atoms with van der Waals surface area (Å²) < 4.78 is 33.0. The zero-order valence-corrected chi connectivity index (χ0v) is 16.9. The Bertz CT molecular complexity index is 876. The van der Waals surface area contributed by atoms with E-state index in [0.29, 0.717) is 23.6 Å². The molecule has 0 N–H and O–H groups in total. The molecule has 0 unspecified atom stereocenters. The van der Waals surface area contributed by atoms with Gasteiger partial charge in [0.15, 0.2) is 0 Å². The molecule has 1 saturated heterocycles. The lowest BCUT2D eigenvalue weighted by Gasteiger charge is -2.30. The van der Waals surface area contributed by atoms with Crippen molar-refractivity contribution in [2.75, 3.05) is 13.1 Å². The minimum atomic E-state index is -3.57. The van der Waals surface area contributed by atoms with Crippen molar-refractivity contribution in [2.45, 2.75) is 17.7 Å². The Balaban J connectivity index is 1.60. The molecular weight excluding hydrogens is 442 g/mol. The van der Waals surface area contributed by atoms with Crippen molar-refractivity contribution in [1.29, 1.82) is 0 Å². The van der Waals surface area contributed by atoms with Gasteiger partial charge in [-0.3, -0.25) is 4.79 Å². The minimum Gasteiger partial charge on any atom is -0.426 e. The van der Waals surface area contributed by atoms with E-state index in [-0.39, 0.29) is 29.9 Å². The van der Waals surface area contributed by atoms with Gasteiger partial charge in [0.1, 0.15) is 5.75 Å². The highest BCUT2D eigenvalue weighted by molar-refractivity contribution is 9.10. The van der Waals surface area contributed by atoms with Crippen LogP contribution in [0.25, 0.3) is 0 Å². The van der Waals surface area contributed by atoms with Gasteiger partial charge in [-0.1, -0.05) is 27.5 Å². The maximum absolute atomic E-state index is 12.7. The molecule has 3 rings (SSSR count). The lowest BCUT2D eigenvalue weighted by atomic mass is 9.98. The molecule has 0 aromatic heterocycles. The third-order valence-electron chi connectivity index (χ3n) is 4.27. The van der Waals surface area contributed by atoms with Gasteiger partial charge in [0, 0.05) is 22.6 Å². The standard InChI is InChI=1S/C18H17BrClNO4S/c19-14-1-5-16(6-2-14)25-18(22)13-9-11-21(12-10-13)26(23,24)17-7-3-15(20)4-8-17/h1-8,13H,9-12H2. The number of rotatable bonds is 4. The quantitative estimate of drug-likeness (QED) is 0.511. The molecule has 0 bridgehead atoms. The molecule has 2 aromatic carbocycles. The number of piperidine rings is 1. The van der Waals surface area contributed by atoms with Crippen molar-refractivity contribution >= 4 is 43.5 Å². The number of nitrogens with zero attached hydrogens (tertiary/aromatic N) is 1. The summed E-state index contributed by atoms with van der Waals surface area (Å²) in [5.41, 5.74) is 0. The van der Waals surface area contributed by atoms with E-state index >= 15 is 0 Å². The second-order valence-corrected chi connectivity index (χ2v) is 9.30. The molecule has 2 aromatic rings. The van der Waals surface area contributed by atoms with Gasteiger partial charge in [-0.2, -0.15) is 4.31 Å². The summed E-state index contributed by atoms with van der Waals surface area (Å²) in [7, 11) is -3.57. The van der Waals surface area contributed by atoms with Gasteiger partial charge >= 0.3 is 5.97 Å². The van der Waals surface area contributed by atoms with Crippen molar-refractivity contribution < 1.29 is 17.9 Å². The summed E-state index contributed by atoms with van der Waals surface area (Å²) in [6.45, 7) is 0.566. The Labute approximate surface area is 166 Å². The van der Waals surface area contributed by atoms with Gasteiger partial charge in [0.2, 0.25) is 10.0 Å². The molecule has 26 heavy (non-hydrogen) atoms. The Morgan fingerprint density at radius 3 is 2.19 bits per heavy atom. The highest BCUT2D eigenvalue weighted by Crippen LogP contribution is 2.26. The van der Waals surface area contributed by atoms with Crippen LogP contribution in [-0.4, -0.2) is 31.8 Å². The van der Waals surface area contributed by atoms with E-state index in [1.54, 1.807) is 36.4 Å². The second-order valence-electron chi connectivity index (χ2n) is 6.01. The molecule has 138 valence electrons. The van der Waals surface area contributed by atoms with E-state index in [0.717, 1.165) is 4.47 Å². The second kappa shape index (κ2) is 8.08. The van der Waals surface area contributed by atoms with E-state index < -0.39 is 10.0 Å². The first-order chi connectivity index (χ1) is 12.4. The van der Waals surface area contributed by atoms with Crippen LogP contribution in [0.2, 0.25) is 5.02 Å². The first-order valence-corrected chi connectivity index (χ1v) is 10.7. The maximum Gasteiger partial charge on any atom is 0.314 e. The predicted molar refractivity (Wildman–Crippen MR) is 103 cm³/mol. The summed E-state index contributed by atoms with van der Waals surface area (Å²) in [5.74, 6) is -0.152. The summed E-state index contributed by atoms with van der Waals surface area (Å²) in [4.78, 5) is 12.5. The van der Waals surface area contributed by atoms with Gasteiger partial charge < -0.3 is 4.74 Å². The lowest BCUT2D eigenvalue weighted by Crippen LogP contribution is -2.41. The van der Waals surface area contributed by atoms with Gasteiger partial charge in [0.05, 0.1) is 10.8 Å². The van der Waals surface area contributed by atoms with Crippen LogP contribution in [0.5, 0.6) is 5.75 Å². The molecule has 0 atom stereocenters. The topological polar surface area (TPSA) is 63.7 Å². The number of carbonyl (C=O) groups is 1. The highest BCUT2D eigenvalue weighted by Gasteiger charge is 2.33. The van der Waals surface area contributed by atoms with Crippen LogP contribution in [0.15, 0.2) is 57.9 Å². The molecule has 1 heterocycles. The van der Waals surface area contributed by atoms with Crippen molar-refractivity contribution in [3.8, 4) is 5.75 Å². The fourth-order valence-electron chi connectivity index (χ4n) is 2.79. The molecule has 0 amide bonds. The molecule has 0 radical (unpaired) electrons. The maximum atomic E-state index is 12.7. The van der Waals surface area contributed by atoms with Crippen molar-refractivity contribution in [1.82, 2.24) is 4.31 Å². The van der Waals surface area contributed by atoms with E-state index in [1.165, 1.54) is 16.4 Å². The summed E-state index contributed by atoms with van der Waals surface area (Å²) in [5, 5.41) is 0.485. The summed E-state index contributed by atoms with van der Waals surface area (Å²) in [6, 6.07) is 13.1. The predicted octanol–water partition coefficient (Wildman–Crippen LogP) is 4.11. The van der Waals surface area contributed by atoms with Crippen LogP contribution in [0.3, 0.4) is 0 Å². The number of hydrogen-bond donors (Lipinski definition) is 0. The normalized spacial score (nSPS) is 16.4. The Hall–Kier alpha value is -1.41. The Morgan fingerprint density at radius 1 is 1.04 bits per heavy atom. The Morgan fingerprint density at radius 2 is 1.62 bits per heavy atom. The van der Waals surface area contributed by atoms with Gasteiger partial charge in [-0.15, -0.1) is 0 Å². The van der Waals surface area contributed by atoms with Crippen LogP contribution in [0.1, 0.15) is 12.8 Å². The number of sulfonamides is 1. The number of esters is 1. The average Bonchev–Trinajstić information content (AvgIpc) is 2.64. The first kappa shape index (κ1) is 19.4. The van der Waals surface area contributed by atoms with Crippen LogP contribution < -0.4 is 4.74 Å².